The highest BCUT2D eigenvalue weighted by Gasteiger charge is 2.39. The van der Waals surface area contributed by atoms with Gasteiger partial charge < -0.3 is 41.8 Å². The third-order valence-corrected chi connectivity index (χ3v) is 13.3. The Hall–Kier alpha value is -7.10. The minimum absolute atomic E-state index is 0.000151. The number of carbonyl (C=O) groups is 5. The number of carboxylic acid groups (broad SMARTS) is 1. The van der Waals surface area contributed by atoms with Crippen molar-refractivity contribution in [3.05, 3.63) is 190 Å². The first-order chi connectivity index (χ1) is 34.9. The van der Waals surface area contributed by atoms with Crippen molar-refractivity contribution in [1.82, 2.24) is 30.8 Å². The summed E-state index contributed by atoms with van der Waals surface area (Å²) in [6.45, 7) is 2.52. The lowest BCUT2D eigenvalue weighted by molar-refractivity contribution is -0.142. The SMILES string of the molecule is CCCCCCCC(=O)NCCCC[C@H](NC(=O)[C@@H](N)Cc1cn(C(c2ccccc2)(c2ccccc2)c2ccccc2)cn1)C(=O)NC(Cc1ccc(Br)cc1)C(=O)N[C@H](Cc1ccc(O)cc1)C(=O)O. The Morgan fingerprint density at radius 3 is 1.71 bits per heavy atom. The Balaban J connectivity index is 1.21. The second-order valence-electron chi connectivity index (χ2n) is 18.1. The molecule has 0 spiro atoms. The minimum Gasteiger partial charge on any atom is -0.508 e. The molecule has 72 heavy (non-hydrogen) atoms. The average Bonchev–Trinajstić information content (AvgIpc) is 3.85. The fraction of sp³-hybridized carbons (Fsp3) is 0.333. The molecule has 15 heteroatoms. The predicted octanol–water partition coefficient (Wildman–Crippen LogP) is 7.73. The molecule has 1 aromatic heterocycles. The number of rotatable bonds is 28. The molecule has 6 aromatic rings. The maximum Gasteiger partial charge on any atom is 0.326 e. The number of carboxylic acids is 1. The molecule has 14 nitrogen and oxygen atoms in total. The molecule has 0 saturated carbocycles. The van der Waals surface area contributed by atoms with Gasteiger partial charge in [0.05, 0.1) is 18.1 Å². The van der Waals surface area contributed by atoms with Crippen LogP contribution in [0.3, 0.4) is 0 Å². The first kappa shape index (κ1) is 54.2. The summed E-state index contributed by atoms with van der Waals surface area (Å²) in [4.78, 5) is 72.5. The number of nitrogens with zero attached hydrogens (tertiary/aromatic N) is 2. The largest absolute Gasteiger partial charge is 0.508 e. The highest BCUT2D eigenvalue weighted by atomic mass is 79.9. The quantitative estimate of drug-likeness (QED) is 0.0189. The van der Waals surface area contributed by atoms with Crippen LogP contribution in [0.4, 0.5) is 0 Å². The first-order valence-electron chi connectivity index (χ1n) is 24.8. The third-order valence-electron chi connectivity index (χ3n) is 12.7. The van der Waals surface area contributed by atoms with E-state index in [-0.39, 0.29) is 37.3 Å². The Morgan fingerprint density at radius 2 is 1.14 bits per heavy atom. The van der Waals surface area contributed by atoms with Crippen molar-refractivity contribution in [3.63, 3.8) is 0 Å². The van der Waals surface area contributed by atoms with E-state index < -0.39 is 53.4 Å². The number of unbranched alkanes of at least 4 members (excludes halogenated alkanes) is 5. The van der Waals surface area contributed by atoms with E-state index in [1.54, 1.807) is 42.7 Å². The van der Waals surface area contributed by atoms with Crippen molar-refractivity contribution in [2.75, 3.05) is 6.54 Å². The van der Waals surface area contributed by atoms with Gasteiger partial charge in [-0.1, -0.05) is 164 Å². The van der Waals surface area contributed by atoms with Crippen molar-refractivity contribution in [2.45, 2.75) is 114 Å². The lowest BCUT2D eigenvalue weighted by Gasteiger charge is -2.37. The molecule has 8 N–H and O–H groups in total. The molecule has 0 bridgehead atoms. The second kappa shape index (κ2) is 27.5. The molecule has 378 valence electrons. The van der Waals surface area contributed by atoms with Crippen LogP contribution in [0.2, 0.25) is 0 Å². The number of aromatic nitrogens is 2. The number of phenolic OH excluding ortho intramolecular Hbond substituents is 1. The van der Waals surface area contributed by atoms with Crippen molar-refractivity contribution < 1.29 is 34.2 Å². The molecule has 5 aromatic carbocycles. The zero-order valence-corrected chi connectivity index (χ0v) is 42.3. The lowest BCUT2D eigenvalue weighted by Crippen LogP contribution is -2.58. The second-order valence-corrected chi connectivity index (χ2v) is 19.0. The highest BCUT2D eigenvalue weighted by Crippen LogP contribution is 2.41. The number of halogens is 1. The maximum atomic E-state index is 14.5. The molecule has 0 fully saturated rings. The number of phenols is 1. The molecule has 0 aliphatic carbocycles. The van der Waals surface area contributed by atoms with Crippen molar-refractivity contribution >= 4 is 45.5 Å². The number of carbonyl (C=O) groups excluding carboxylic acids is 4. The van der Waals surface area contributed by atoms with E-state index in [1.165, 1.54) is 12.1 Å². The van der Waals surface area contributed by atoms with Gasteiger partial charge in [-0.2, -0.15) is 0 Å². The molecule has 0 aliphatic rings. The fourth-order valence-electron chi connectivity index (χ4n) is 8.86. The van der Waals surface area contributed by atoms with Gasteiger partial charge in [0.1, 0.15) is 29.4 Å². The number of benzene rings is 5. The van der Waals surface area contributed by atoms with Crippen LogP contribution in [-0.2, 0) is 48.8 Å². The number of aromatic hydroxyl groups is 1. The number of amides is 4. The molecule has 4 atom stereocenters. The molecule has 0 saturated heterocycles. The summed E-state index contributed by atoms with van der Waals surface area (Å²) < 4.78 is 2.83. The van der Waals surface area contributed by atoms with Crippen molar-refractivity contribution in [2.24, 2.45) is 5.73 Å². The summed E-state index contributed by atoms with van der Waals surface area (Å²) >= 11 is 3.43. The summed E-state index contributed by atoms with van der Waals surface area (Å²) in [5.74, 6) is -3.35. The summed E-state index contributed by atoms with van der Waals surface area (Å²) in [6.07, 6.45) is 10.2. The Labute approximate surface area is 430 Å². The van der Waals surface area contributed by atoms with E-state index in [0.717, 1.165) is 53.3 Å². The van der Waals surface area contributed by atoms with Crippen LogP contribution in [0, 0.1) is 0 Å². The first-order valence-corrected chi connectivity index (χ1v) is 25.5. The standard InChI is InChI=1S/C57H66BrN7O7/c1-2-3-4-5-15-25-52(67)60-34-17-16-24-49(54(69)63-50(35-40-26-30-45(58)31-27-40)55(70)64-51(56(71)72)36-41-28-32-47(66)33-29-41)62-53(68)48(59)37-46-38-65(39-61-46)57(42-18-9-6-10-19-42,43-20-11-7-12-21-43)44-22-13-8-14-23-44/h6-14,18-23,26-33,38-39,48-51,66H,2-5,15-17,24-25,34-37,59H2,1H3,(H,60,67)(H,62,68)(H,63,69)(H,64,70)(H,71,72)/t48-,49-,50?,51+/m0/s1. The highest BCUT2D eigenvalue weighted by molar-refractivity contribution is 9.10. The number of hydrogen-bond donors (Lipinski definition) is 7. The van der Waals surface area contributed by atoms with Crippen LogP contribution in [0.25, 0.3) is 0 Å². The van der Waals surface area contributed by atoms with E-state index >= 15 is 0 Å². The van der Waals surface area contributed by atoms with Crippen LogP contribution in [0.15, 0.2) is 157 Å². The monoisotopic (exact) mass is 1040 g/mol. The van der Waals surface area contributed by atoms with Gasteiger partial charge in [0.2, 0.25) is 23.6 Å². The van der Waals surface area contributed by atoms with E-state index in [1.807, 2.05) is 65.4 Å². The smallest absolute Gasteiger partial charge is 0.326 e. The van der Waals surface area contributed by atoms with Gasteiger partial charge in [-0.15, -0.1) is 0 Å². The number of nitrogens with one attached hydrogen (secondary N) is 4. The van der Waals surface area contributed by atoms with Gasteiger partial charge in [0.25, 0.3) is 0 Å². The Bertz CT molecular complexity index is 2550. The van der Waals surface area contributed by atoms with Crippen LogP contribution in [0.5, 0.6) is 5.75 Å². The minimum atomic E-state index is -1.37. The summed E-state index contributed by atoms with van der Waals surface area (Å²) in [6, 6.07) is 38.5. The van der Waals surface area contributed by atoms with E-state index in [2.05, 4.69) is 80.5 Å². The van der Waals surface area contributed by atoms with Gasteiger partial charge >= 0.3 is 5.97 Å². The van der Waals surface area contributed by atoms with Gasteiger partial charge in [-0.3, -0.25) is 19.2 Å². The van der Waals surface area contributed by atoms with Crippen LogP contribution in [-0.4, -0.2) is 80.1 Å². The third kappa shape index (κ3) is 15.4. The van der Waals surface area contributed by atoms with Crippen LogP contribution >= 0.6 is 15.9 Å². The van der Waals surface area contributed by atoms with Gasteiger partial charge in [0.15, 0.2) is 0 Å². The Morgan fingerprint density at radius 1 is 0.625 bits per heavy atom. The van der Waals surface area contributed by atoms with Crippen molar-refractivity contribution in [3.8, 4) is 5.75 Å². The van der Waals surface area contributed by atoms with Gasteiger partial charge in [-0.25, -0.2) is 9.78 Å². The van der Waals surface area contributed by atoms with Gasteiger partial charge in [-0.05, 0) is 77.8 Å². The summed E-state index contributed by atoms with van der Waals surface area (Å²) in [5.41, 5.74) is 10.6. The number of hydrogen-bond acceptors (Lipinski definition) is 8. The fourth-order valence-corrected chi connectivity index (χ4v) is 9.12. The molecule has 0 radical (unpaired) electrons. The zero-order chi connectivity index (χ0) is 51.3. The molecule has 6 rings (SSSR count). The van der Waals surface area contributed by atoms with E-state index in [0.29, 0.717) is 42.6 Å². The Kier molecular flexibility index (Phi) is 20.7. The number of aliphatic carboxylic acids is 1. The molecule has 4 amide bonds. The van der Waals surface area contributed by atoms with E-state index in [4.69, 9.17) is 10.7 Å². The van der Waals surface area contributed by atoms with Crippen LogP contribution < -0.4 is 27.0 Å². The molecular formula is C57H66BrN7O7. The number of nitrogens with two attached hydrogens (primary N) is 1. The molecule has 1 unspecified atom stereocenters. The molecule has 1 heterocycles. The predicted molar refractivity (Wildman–Crippen MR) is 282 cm³/mol. The average molecular weight is 1040 g/mol. The maximum absolute atomic E-state index is 14.5. The lowest BCUT2D eigenvalue weighted by atomic mass is 9.77. The summed E-state index contributed by atoms with van der Waals surface area (Å²) in [5, 5.41) is 31.2. The normalized spacial score (nSPS) is 13.0. The zero-order valence-electron chi connectivity index (χ0n) is 40.7. The number of imidazole rings is 1. The topological polar surface area (TPSA) is 218 Å². The summed E-state index contributed by atoms with van der Waals surface area (Å²) in [7, 11) is 0. The van der Waals surface area contributed by atoms with E-state index in [9.17, 15) is 34.2 Å². The molecule has 0 aliphatic heterocycles. The molecular weight excluding hydrogens is 975 g/mol. The van der Waals surface area contributed by atoms with Gasteiger partial charge in [0, 0.05) is 42.9 Å². The van der Waals surface area contributed by atoms with Crippen molar-refractivity contribution in [1.29, 1.82) is 0 Å². The van der Waals surface area contributed by atoms with Crippen LogP contribution in [0.1, 0.15) is 98.2 Å².